The number of nitrogens with one attached hydrogen (secondary N) is 1. The average Bonchev–Trinajstić information content (AvgIpc) is 2.73. The van der Waals surface area contributed by atoms with Gasteiger partial charge in [0.25, 0.3) is 5.91 Å². The van der Waals surface area contributed by atoms with Crippen molar-refractivity contribution in [2.45, 2.75) is 44.4 Å². The van der Waals surface area contributed by atoms with Crippen LogP contribution in [0.5, 0.6) is 5.75 Å². The van der Waals surface area contributed by atoms with E-state index in [1.54, 1.807) is 6.07 Å². The van der Waals surface area contributed by atoms with Crippen LogP contribution in [0.1, 0.15) is 31.2 Å². The van der Waals surface area contributed by atoms with Crippen LogP contribution in [0, 0.1) is 17.5 Å². The molecule has 2 aliphatic rings. The highest BCUT2D eigenvalue weighted by molar-refractivity contribution is 5.93. The molecule has 2 N–H and O–H groups in total. The number of halogens is 3. The molecule has 4 rings (SSSR count). The highest BCUT2D eigenvalue weighted by Crippen LogP contribution is 2.37. The second-order valence-corrected chi connectivity index (χ2v) is 7.46. The zero-order valence-electron chi connectivity index (χ0n) is 16.1. The van der Waals surface area contributed by atoms with E-state index in [-0.39, 0.29) is 29.3 Å². The van der Waals surface area contributed by atoms with Crippen LogP contribution in [-0.2, 0) is 11.3 Å². The van der Waals surface area contributed by atoms with Gasteiger partial charge in [-0.1, -0.05) is 31.0 Å². The first-order valence-electron chi connectivity index (χ1n) is 9.80. The van der Waals surface area contributed by atoms with Gasteiger partial charge in [0.1, 0.15) is 0 Å². The number of ether oxygens (including phenoxy) is 1. The fourth-order valence-corrected chi connectivity index (χ4v) is 3.78. The summed E-state index contributed by atoms with van der Waals surface area (Å²) >= 11 is 0. The number of aliphatic hydroxyl groups excluding tert-OH is 1. The molecule has 0 spiro atoms. The smallest absolute Gasteiger partial charge is 0.288 e. The molecule has 2 aromatic carbocycles. The Balaban J connectivity index is 1.63. The number of hydrogen-bond acceptors (Lipinski definition) is 4. The summed E-state index contributed by atoms with van der Waals surface area (Å²) in [5.41, 5.74) is 0.332. The SMILES string of the molecule is O=C(N[C@H]1CCCC[C@@H]1O)C1=CN(Cc2cccc(F)c2F)c2cccc(F)c2O1. The number of nitrogens with zero attached hydrogens (tertiary/aromatic N) is 1. The van der Waals surface area contributed by atoms with E-state index >= 15 is 0 Å². The summed E-state index contributed by atoms with van der Waals surface area (Å²) in [4.78, 5) is 14.2. The predicted molar refractivity (Wildman–Crippen MR) is 104 cm³/mol. The van der Waals surface area contributed by atoms with Crippen molar-refractivity contribution in [3.05, 3.63) is 71.4 Å². The van der Waals surface area contributed by atoms with Crippen LogP contribution in [0.2, 0.25) is 0 Å². The van der Waals surface area contributed by atoms with E-state index in [2.05, 4.69) is 5.32 Å². The van der Waals surface area contributed by atoms with Gasteiger partial charge in [-0.25, -0.2) is 13.2 Å². The highest BCUT2D eigenvalue weighted by atomic mass is 19.2. The first-order valence-corrected chi connectivity index (χ1v) is 9.80. The van der Waals surface area contributed by atoms with Crippen molar-refractivity contribution in [3.8, 4) is 5.75 Å². The minimum absolute atomic E-state index is 0.0471. The Hall–Kier alpha value is -3.00. The number of anilines is 1. The van der Waals surface area contributed by atoms with Crippen molar-refractivity contribution < 1.29 is 27.8 Å². The number of benzene rings is 2. The largest absolute Gasteiger partial charge is 0.445 e. The normalized spacial score (nSPS) is 20.8. The van der Waals surface area contributed by atoms with Crippen molar-refractivity contribution in [2.24, 2.45) is 0 Å². The Morgan fingerprint density at radius 1 is 1.10 bits per heavy atom. The van der Waals surface area contributed by atoms with Crippen LogP contribution < -0.4 is 15.0 Å². The first-order chi connectivity index (χ1) is 14.4. The van der Waals surface area contributed by atoms with Crippen LogP contribution in [0.4, 0.5) is 18.9 Å². The number of aliphatic hydroxyl groups is 1. The van der Waals surface area contributed by atoms with Crippen molar-refractivity contribution in [1.82, 2.24) is 5.32 Å². The number of rotatable bonds is 4. The molecule has 5 nitrogen and oxygen atoms in total. The minimum atomic E-state index is -1.01. The summed E-state index contributed by atoms with van der Waals surface area (Å²) in [7, 11) is 0. The van der Waals surface area contributed by atoms with Crippen LogP contribution in [-0.4, -0.2) is 23.2 Å². The van der Waals surface area contributed by atoms with Crippen LogP contribution >= 0.6 is 0 Å². The fraction of sp³-hybridized carbons (Fsp3) is 0.318. The molecule has 0 saturated heterocycles. The third kappa shape index (κ3) is 4.00. The lowest BCUT2D eigenvalue weighted by molar-refractivity contribution is -0.121. The Labute approximate surface area is 171 Å². The third-order valence-electron chi connectivity index (χ3n) is 5.38. The molecule has 2 aromatic rings. The highest BCUT2D eigenvalue weighted by Gasteiger charge is 2.30. The standard InChI is InChI=1S/C22H21F3N2O3/c23-14-6-3-5-13(20(14)25)11-27-12-19(30-21-15(24)7-4-9-17(21)27)22(29)26-16-8-1-2-10-18(16)28/h3-7,9,12,16,18,28H,1-2,8,10-11H2,(H,26,29)/t16-,18-/m0/s1. The minimum Gasteiger partial charge on any atom is -0.445 e. The van der Waals surface area contributed by atoms with Gasteiger partial charge in [0.2, 0.25) is 5.76 Å². The number of carbonyl (C=O) groups excluding carboxylic acids is 1. The van der Waals surface area contributed by atoms with Gasteiger partial charge in [-0.3, -0.25) is 4.79 Å². The number of carbonyl (C=O) groups is 1. The second kappa shape index (κ2) is 8.39. The van der Waals surface area contributed by atoms with Crippen LogP contribution in [0.3, 0.4) is 0 Å². The summed E-state index contributed by atoms with van der Waals surface area (Å²) in [6.45, 7) is -0.133. The first kappa shape index (κ1) is 20.3. The van der Waals surface area contributed by atoms with E-state index in [9.17, 15) is 23.1 Å². The molecular weight excluding hydrogens is 397 g/mol. The molecule has 0 unspecified atom stereocenters. The summed E-state index contributed by atoms with van der Waals surface area (Å²) in [5.74, 6) is -3.67. The van der Waals surface area contributed by atoms with Crippen molar-refractivity contribution in [2.75, 3.05) is 4.90 Å². The molecule has 8 heteroatoms. The molecule has 158 valence electrons. The molecule has 30 heavy (non-hydrogen) atoms. The number of hydrogen-bond donors (Lipinski definition) is 2. The molecule has 1 saturated carbocycles. The summed E-state index contributed by atoms with van der Waals surface area (Å²) < 4.78 is 47.7. The van der Waals surface area contributed by atoms with Gasteiger partial charge in [-0.2, -0.15) is 0 Å². The van der Waals surface area contributed by atoms with E-state index in [4.69, 9.17) is 4.74 Å². The molecule has 0 bridgehead atoms. The summed E-state index contributed by atoms with van der Waals surface area (Å²) in [5, 5.41) is 12.8. The van der Waals surface area contributed by atoms with Gasteiger partial charge >= 0.3 is 0 Å². The van der Waals surface area contributed by atoms with E-state index in [1.807, 2.05) is 0 Å². The molecule has 1 fully saturated rings. The molecule has 1 amide bonds. The Morgan fingerprint density at radius 2 is 1.83 bits per heavy atom. The maximum Gasteiger partial charge on any atom is 0.288 e. The van der Waals surface area contributed by atoms with Crippen LogP contribution in [0.15, 0.2) is 48.4 Å². The maximum absolute atomic E-state index is 14.4. The van der Waals surface area contributed by atoms with Gasteiger partial charge < -0.3 is 20.1 Å². The Morgan fingerprint density at radius 3 is 2.63 bits per heavy atom. The molecule has 2 atom stereocenters. The number of amides is 1. The molecule has 0 aromatic heterocycles. The molecule has 1 heterocycles. The van der Waals surface area contributed by atoms with E-state index in [0.29, 0.717) is 12.8 Å². The van der Waals surface area contributed by atoms with Crippen molar-refractivity contribution in [1.29, 1.82) is 0 Å². The van der Waals surface area contributed by atoms with Gasteiger partial charge in [0.05, 0.1) is 30.6 Å². The molecule has 1 aliphatic heterocycles. The Kier molecular flexibility index (Phi) is 5.67. The molecule has 1 aliphatic carbocycles. The second-order valence-electron chi connectivity index (χ2n) is 7.46. The monoisotopic (exact) mass is 418 g/mol. The fourth-order valence-electron chi connectivity index (χ4n) is 3.78. The lowest BCUT2D eigenvalue weighted by Crippen LogP contribution is -2.46. The van der Waals surface area contributed by atoms with Gasteiger partial charge in [-0.15, -0.1) is 0 Å². The quantitative estimate of drug-likeness (QED) is 0.794. The maximum atomic E-state index is 14.4. The number of fused-ring (bicyclic) bond motifs is 1. The van der Waals surface area contributed by atoms with Gasteiger partial charge in [0.15, 0.2) is 23.2 Å². The number of para-hydroxylation sites is 1. The van der Waals surface area contributed by atoms with Crippen molar-refractivity contribution >= 4 is 11.6 Å². The zero-order chi connectivity index (χ0) is 21.3. The average molecular weight is 418 g/mol. The summed E-state index contributed by atoms with van der Waals surface area (Å²) in [6.07, 6.45) is 3.66. The van der Waals surface area contributed by atoms with E-state index < -0.39 is 35.5 Å². The third-order valence-corrected chi connectivity index (χ3v) is 5.38. The predicted octanol–water partition coefficient (Wildman–Crippen LogP) is 3.76. The molecular formula is C22H21F3N2O3. The topological polar surface area (TPSA) is 61.8 Å². The van der Waals surface area contributed by atoms with Gasteiger partial charge in [-0.05, 0) is 31.0 Å². The van der Waals surface area contributed by atoms with Crippen LogP contribution in [0.25, 0.3) is 0 Å². The lowest BCUT2D eigenvalue weighted by atomic mass is 9.92. The summed E-state index contributed by atoms with van der Waals surface area (Å²) in [6, 6.07) is 7.59. The van der Waals surface area contributed by atoms with E-state index in [0.717, 1.165) is 18.9 Å². The Bertz CT molecular complexity index is 996. The van der Waals surface area contributed by atoms with E-state index in [1.165, 1.54) is 35.4 Å². The molecule has 0 radical (unpaired) electrons. The van der Waals surface area contributed by atoms with Gasteiger partial charge in [0, 0.05) is 5.56 Å². The lowest BCUT2D eigenvalue weighted by Gasteiger charge is -2.31. The van der Waals surface area contributed by atoms with Crippen molar-refractivity contribution in [3.63, 3.8) is 0 Å². The zero-order valence-corrected chi connectivity index (χ0v) is 16.1.